The molecule has 0 aromatic carbocycles. The molecule has 1 aliphatic rings. The highest BCUT2D eigenvalue weighted by Gasteiger charge is 2.17. The van der Waals surface area contributed by atoms with Crippen molar-refractivity contribution < 1.29 is 0 Å². The molecule has 72 valence electrons. The molecule has 0 saturated heterocycles. The molecule has 1 saturated carbocycles. The molecule has 1 rings (SSSR count). The summed E-state index contributed by atoms with van der Waals surface area (Å²) in [7, 11) is 0. The summed E-state index contributed by atoms with van der Waals surface area (Å²) in [6, 6.07) is 0. The van der Waals surface area contributed by atoms with Crippen LogP contribution in [0.25, 0.3) is 0 Å². The Balaban J connectivity index is 2.64. The maximum absolute atomic E-state index is 4.14. The van der Waals surface area contributed by atoms with Gasteiger partial charge in [-0.15, -0.1) is 0 Å². The molecule has 1 atom stereocenters. The minimum Gasteiger partial charge on any atom is -0.0961 e. The summed E-state index contributed by atoms with van der Waals surface area (Å²) in [6.45, 7) is 12.4. The van der Waals surface area contributed by atoms with Crippen LogP contribution in [0.3, 0.4) is 0 Å². The minimum atomic E-state index is 0.870. The molecule has 0 heterocycles. The smallest absolute Gasteiger partial charge is 0.0254 e. The van der Waals surface area contributed by atoms with Gasteiger partial charge in [0.2, 0.25) is 0 Å². The van der Waals surface area contributed by atoms with E-state index in [0.717, 1.165) is 11.5 Å². The normalized spacial score (nSPS) is 26.5. The standard InChI is InChI=1S/C13H20/c1-5-12-6-7-13(8-10(2)3)11(4)9-12/h8,12H,2,4-7,9H2,1,3H3/b13-8-. The van der Waals surface area contributed by atoms with Crippen LogP contribution >= 0.6 is 0 Å². The fourth-order valence-corrected chi connectivity index (χ4v) is 1.94. The second-order valence-electron chi connectivity index (χ2n) is 4.14. The zero-order valence-corrected chi connectivity index (χ0v) is 8.90. The van der Waals surface area contributed by atoms with Crippen molar-refractivity contribution in [2.75, 3.05) is 0 Å². The minimum absolute atomic E-state index is 0.870. The van der Waals surface area contributed by atoms with Crippen LogP contribution < -0.4 is 0 Å². The van der Waals surface area contributed by atoms with Crippen LogP contribution in [0.2, 0.25) is 0 Å². The molecule has 0 bridgehead atoms. The van der Waals surface area contributed by atoms with Crippen LogP contribution in [0.1, 0.15) is 39.5 Å². The van der Waals surface area contributed by atoms with E-state index in [1.165, 1.54) is 36.8 Å². The van der Waals surface area contributed by atoms with Crippen molar-refractivity contribution in [2.24, 2.45) is 5.92 Å². The molecule has 0 aromatic rings. The largest absolute Gasteiger partial charge is 0.0961 e. The van der Waals surface area contributed by atoms with Gasteiger partial charge in [-0.2, -0.15) is 0 Å². The maximum Gasteiger partial charge on any atom is -0.0254 e. The molecule has 0 amide bonds. The second kappa shape index (κ2) is 4.45. The van der Waals surface area contributed by atoms with Crippen molar-refractivity contribution in [3.05, 3.63) is 36.0 Å². The first-order valence-electron chi connectivity index (χ1n) is 5.17. The maximum atomic E-state index is 4.14. The quantitative estimate of drug-likeness (QED) is 0.590. The lowest BCUT2D eigenvalue weighted by Crippen LogP contribution is -2.09. The van der Waals surface area contributed by atoms with Gasteiger partial charge in [-0.25, -0.2) is 0 Å². The Labute approximate surface area is 82.0 Å². The average molecular weight is 176 g/mol. The van der Waals surface area contributed by atoms with Crippen LogP contribution in [-0.2, 0) is 0 Å². The Hall–Kier alpha value is -0.780. The van der Waals surface area contributed by atoms with Crippen LogP contribution in [0.5, 0.6) is 0 Å². The molecule has 0 radical (unpaired) electrons. The second-order valence-corrected chi connectivity index (χ2v) is 4.14. The molecule has 0 N–H and O–H groups in total. The third-order valence-corrected chi connectivity index (χ3v) is 2.81. The fourth-order valence-electron chi connectivity index (χ4n) is 1.94. The van der Waals surface area contributed by atoms with E-state index < -0.39 is 0 Å². The van der Waals surface area contributed by atoms with Gasteiger partial charge in [0.1, 0.15) is 0 Å². The lowest BCUT2D eigenvalue weighted by atomic mass is 9.81. The summed E-state index contributed by atoms with van der Waals surface area (Å²) in [6.07, 6.45) is 7.20. The Bertz CT molecular complexity index is 243. The Morgan fingerprint density at radius 2 is 2.31 bits per heavy atom. The van der Waals surface area contributed by atoms with Gasteiger partial charge in [0.05, 0.1) is 0 Å². The first kappa shape index (κ1) is 10.3. The predicted molar refractivity (Wildman–Crippen MR) is 59.7 cm³/mol. The third kappa shape index (κ3) is 2.87. The monoisotopic (exact) mass is 176 g/mol. The predicted octanol–water partition coefficient (Wildman–Crippen LogP) is 4.26. The molecule has 0 aliphatic heterocycles. The number of hydrogen-bond donors (Lipinski definition) is 0. The van der Waals surface area contributed by atoms with Gasteiger partial charge in [-0.05, 0) is 37.7 Å². The van der Waals surface area contributed by atoms with E-state index in [1.807, 2.05) is 6.92 Å². The van der Waals surface area contributed by atoms with Gasteiger partial charge in [0.15, 0.2) is 0 Å². The molecule has 13 heavy (non-hydrogen) atoms. The molecule has 0 aromatic heterocycles. The number of hydrogen-bond acceptors (Lipinski definition) is 0. The van der Waals surface area contributed by atoms with Crippen molar-refractivity contribution in [3.8, 4) is 0 Å². The van der Waals surface area contributed by atoms with Crippen LogP contribution in [0, 0.1) is 5.92 Å². The Kier molecular flexibility index (Phi) is 3.53. The molecule has 1 aliphatic carbocycles. The van der Waals surface area contributed by atoms with E-state index in [0.29, 0.717) is 0 Å². The summed E-state index contributed by atoms with van der Waals surface area (Å²) in [5.41, 5.74) is 3.91. The summed E-state index contributed by atoms with van der Waals surface area (Å²) >= 11 is 0. The molecule has 0 spiro atoms. The van der Waals surface area contributed by atoms with Gasteiger partial charge in [-0.3, -0.25) is 0 Å². The van der Waals surface area contributed by atoms with Crippen molar-refractivity contribution >= 4 is 0 Å². The average Bonchev–Trinajstić information content (AvgIpc) is 2.08. The van der Waals surface area contributed by atoms with E-state index in [-0.39, 0.29) is 0 Å². The summed E-state index contributed by atoms with van der Waals surface area (Å²) in [5.74, 6) is 0.870. The highest BCUT2D eigenvalue weighted by Crippen LogP contribution is 2.33. The van der Waals surface area contributed by atoms with Crippen LogP contribution in [0.4, 0.5) is 0 Å². The lowest BCUT2D eigenvalue weighted by Gasteiger charge is -2.25. The van der Waals surface area contributed by atoms with E-state index in [2.05, 4.69) is 26.2 Å². The SMILES string of the molecule is C=C(C)/C=C1/CCC(CC)CC1=C. The first-order chi connectivity index (χ1) is 6.13. The van der Waals surface area contributed by atoms with Crippen LogP contribution in [-0.4, -0.2) is 0 Å². The molecular weight excluding hydrogens is 156 g/mol. The Morgan fingerprint density at radius 3 is 2.77 bits per heavy atom. The van der Waals surface area contributed by atoms with Crippen molar-refractivity contribution in [3.63, 3.8) is 0 Å². The molecule has 1 fully saturated rings. The van der Waals surface area contributed by atoms with Gasteiger partial charge >= 0.3 is 0 Å². The molecule has 1 unspecified atom stereocenters. The van der Waals surface area contributed by atoms with Gasteiger partial charge in [0, 0.05) is 0 Å². The summed E-state index contributed by atoms with van der Waals surface area (Å²) < 4.78 is 0. The Morgan fingerprint density at radius 1 is 1.62 bits per heavy atom. The summed E-state index contributed by atoms with van der Waals surface area (Å²) in [4.78, 5) is 0. The van der Waals surface area contributed by atoms with Gasteiger partial charge < -0.3 is 0 Å². The highest BCUT2D eigenvalue weighted by molar-refractivity contribution is 5.35. The number of rotatable bonds is 2. The van der Waals surface area contributed by atoms with Crippen molar-refractivity contribution in [1.82, 2.24) is 0 Å². The number of allylic oxidation sites excluding steroid dienone is 4. The highest BCUT2D eigenvalue weighted by atomic mass is 14.2. The van der Waals surface area contributed by atoms with Crippen LogP contribution in [0.15, 0.2) is 36.0 Å². The van der Waals surface area contributed by atoms with E-state index in [9.17, 15) is 0 Å². The van der Waals surface area contributed by atoms with E-state index in [1.54, 1.807) is 0 Å². The van der Waals surface area contributed by atoms with Crippen molar-refractivity contribution in [2.45, 2.75) is 39.5 Å². The molecular formula is C13H20. The topological polar surface area (TPSA) is 0 Å². The zero-order chi connectivity index (χ0) is 9.84. The molecule has 0 nitrogen and oxygen atoms in total. The zero-order valence-electron chi connectivity index (χ0n) is 8.90. The van der Waals surface area contributed by atoms with Crippen molar-refractivity contribution in [1.29, 1.82) is 0 Å². The van der Waals surface area contributed by atoms with E-state index >= 15 is 0 Å². The van der Waals surface area contributed by atoms with Gasteiger partial charge in [-0.1, -0.05) is 43.7 Å². The fraction of sp³-hybridized carbons (Fsp3) is 0.538. The third-order valence-electron chi connectivity index (χ3n) is 2.81. The first-order valence-corrected chi connectivity index (χ1v) is 5.17. The lowest BCUT2D eigenvalue weighted by molar-refractivity contribution is 0.443. The summed E-state index contributed by atoms with van der Waals surface area (Å²) in [5, 5.41) is 0. The molecule has 0 heteroatoms. The van der Waals surface area contributed by atoms with Gasteiger partial charge in [0.25, 0.3) is 0 Å². The van der Waals surface area contributed by atoms with E-state index in [4.69, 9.17) is 0 Å².